The van der Waals surface area contributed by atoms with E-state index in [0.29, 0.717) is 16.9 Å². The van der Waals surface area contributed by atoms with Gasteiger partial charge in [-0.05, 0) is 47.4 Å². The van der Waals surface area contributed by atoms with Crippen molar-refractivity contribution in [2.24, 2.45) is 0 Å². The number of fused-ring (bicyclic) bond motifs is 1. The number of aromatic nitrogens is 1. The van der Waals surface area contributed by atoms with Crippen LogP contribution in [-0.4, -0.2) is 32.3 Å². The second kappa shape index (κ2) is 9.64. The molecule has 186 valence electrons. The number of carbonyl (C=O) groups excluding carboxylic acids is 2. The number of rotatable bonds is 7. The van der Waals surface area contributed by atoms with E-state index in [1.54, 1.807) is 90.6 Å². The normalized spacial score (nSPS) is 17.1. The number of pyridine rings is 1. The zero-order valence-corrected chi connectivity index (χ0v) is 21.2. The number of amides is 2. The standard InChI is InChI=1S/C27H21N3O5S2/c1-35-23-10-5-3-8-21(23)27(29-24(31)13-12-19-14-16-28-17-15-19)20-7-2-4-9-22(20)30(26(27)32)37(33,34)25-11-6-18-36-25/h2-18H,1H3,(H,29,31). The monoisotopic (exact) mass is 531 g/mol. The summed E-state index contributed by atoms with van der Waals surface area (Å²) < 4.78 is 33.7. The molecule has 10 heteroatoms. The number of sulfonamides is 1. The lowest BCUT2D eigenvalue weighted by Gasteiger charge is -2.31. The lowest BCUT2D eigenvalue weighted by Crippen LogP contribution is -2.54. The Morgan fingerprint density at radius 1 is 1.00 bits per heavy atom. The molecule has 0 aliphatic carbocycles. The van der Waals surface area contributed by atoms with Crippen molar-refractivity contribution < 1.29 is 22.7 Å². The predicted molar refractivity (Wildman–Crippen MR) is 141 cm³/mol. The third kappa shape index (κ3) is 4.09. The Bertz CT molecular complexity index is 1600. The molecule has 2 aromatic heterocycles. The van der Waals surface area contributed by atoms with E-state index in [-0.39, 0.29) is 9.90 Å². The second-order valence-electron chi connectivity index (χ2n) is 8.08. The van der Waals surface area contributed by atoms with Crippen LogP contribution in [0.3, 0.4) is 0 Å². The van der Waals surface area contributed by atoms with Crippen LogP contribution in [0.15, 0.2) is 101 Å². The number of hydrogen-bond donors (Lipinski definition) is 1. The molecule has 1 aliphatic heterocycles. The van der Waals surface area contributed by atoms with Crippen LogP contribution in [-0.2, 0) is 25.2 Å². The van der Waals surface area contributed by atoms with E-state index < -0.39 is 27.4 Å². The van der Waals surface area contributed by atoms with Crippen molar-refractivity contribution in [3.8, 4) is 5.75 Å². The Morgan fingerprint density at radius 3 is 2.41 bits per heavy atom. The molecule has 1 atom stereocenters. The zero-order chi connectivity index (χ0) is 26.0. The maximum Gasteiger partial charge on any atom is 0.280 e. The first-order chi connectivity index (χ1) is 17.9. The van der Waals surface area contributed by atoms with Crippen LogP contribution >= 0.6 is 11.3 Å². The first-order valence-electron chi connectivity index (χ1n) is 11.2. The summed E-state index contributed by atoms with van der Waals surface area (Å²) in [7, 11) is -2.81. The average molecular weight is 532 g/mol. The Hall–Kier alpha value is -4.28. The molecular formula is C27H21N3O5S2. The molecule has 0 saturated carbocycles. The van der Waals surface area contributed by atoms with E-state index in [9.17, 15) is 18.0 Å². The molecule has 1 unspecified atom stereocenters. The van der Waals surface area contributed by atoms with Crippen LogP contribution in [0.4, 0.5) is 5.69 Å². The van der Waals surface area contributed by atoms with Gasteiger partial charge in [-0.1, -0.05) is 42.5 Å². The molecule has 5 rings (SSSR count). The van der Waals surface area contributed by atoms with E-state index in [4.69, 9.17) is 4.74 Å². The van der Waals surface area contributed by atoms with Gasteiger partial charge in [-0.15, -0.1) is 11.3 Å². The minimum absolute atomic E-state index is 0.00962. The van der Waals surface area contributed by atoms with Crippen molar-refractivity contribution in [2.45, 2.75) is 9.75 Å². The highest BCUT2D eigenvalue weighted by Crippen LogP contribution is 2.49. The van der Waals surface area contributed by atoms with Crippen LogP contribution in [0.5, 0.6) is 5.75 Å². The highest BCUT2D eigenvalue weighted by Gasteiger charge is 2.58. The first kappa shape index (κ1) is 24.4. The van der Waals surface area contributed by atoms with Gasteiger partial charge in [0, 0.05) is 29.6 Å². The summed E-state index contributed by atoms with van der Waals surface area (Å²) in [6.45, 7) is 0. The summed E-state index contributed by atoms with van der Waals surface area (Å²) in [5.74, 6) is -1.11. The minimum Gasteiger partial charge on any atom is -0.496 e. The van der Waals surface area contributed by atoms with Gasteiger partial charge >= 0.3 is 0 Å². The van der Waals surface area contributed by atoms with Crippen molar-refractivity contribution in [1.29, 1.82) is 0 Å². The molecule has 1 N–H and O–H groups in total. The Balaban J connectivity index is 1.70. The number of nitrogens with zero attached hydrogens (tertiary/aromatic N) is 2. The Kier molecular flexibility index (Phi) is 6.36. The molecular weight excluding hydrogens is 510 g/mol. The van der Waals surface area contributed by atoms with Gasteiger partial charge in [-0.25, -0.2) is 0 Å². The van der Waals surface area contributed by atoms with Gasteiger partial charge in [0.15, 0.2) is 5.54 Å². The van der Waals surface area contributed by atoms with Crippen molar-refractivity contribution in [2.75, 3.05) is 11.4 Å². The molecule has 0 bridgehead atoms. The molecule has 37 heavy (non-hydrogen) atoms. The number of para-hydroxylation sites is 2. The van der Waals surface area contributed by atoms with Gasteiger partial charge < -0.3 is 10.1 Å². The molecule has 1 aliphatic rings. The Morgan fingerprint density at radius 2 is 1.70 bits per heavy atom. The Labute approximate surface area is 217 Å². The van der Waals surface area contributed by atoms with Crippen molar-refractivity contribution in [3.05, 3.63) is 113 Å². The fraction of sp³-hybridized carbons (Fsp3) is 0.0741. The summed E-state index contributed by atoms with van der Waals surface area (Å²) in [6, 6.07) is 19.7. The van der Waals surface area contributed by atoms with Crippen LogP contribution < -0.4 is 14.4 Å². The third-order valence-electron chi connectivity index (χ3n) is 5.98. The molecule has 2 amide bonds. The summed E-state index contributed by atoms with van der Waals surface area (Å²) in [6.07, 6.45) is 6.06. The van der Waals surface area contributed by atoms with Crippen LogP contribution in [0.25, 0.3) is 6.08 Å². The van der Waals surface area contributed by atoms with Crippen LogP contribution in [0, 0.1) is 0 Å². The maximum atomic E-state index is 14.4. The second-order valence-corrected chi connectivity index (χ2v) is 11.0. The molecule has 0 fully saturated rings. The number of carbonyl (C=O) groups is 2. The van der Waals surface area contributed by atoms with E-state index in [2.05, 4.69) is 10.3 Å². The van der Waals surface area contributed by atoms with Gasteiger partial charge in [0.1, 0.15) is 9.96 Å². The number of thiophene rings is 1. The van der Waals surface area contributed by atoms with Gasteiger partial charge in [-0.2, -0.15) is 12.7 Å². The van der Waals surface area contributed by atoms with Gasteiger partial charge in [0.2, 0.25) is 5.91 Å². The molecule has 0 radical (unpaired) electrons. The quantitative estimate of drug-likeness (QED) is 0.362. The fourth-order valence-corrected chi connectivity index (χ4v) is 6.89. The topological polar surface area (TPSA) is 106 Å². The fourth-order valence-electron chi connectivity index (χ4n) is 4.36. The van der Waals surface area contributed by atoms with Crippen LogP contribution in [0.1, 0.15) is 16.7 Å². The number of methoxy groups -OCH3 is 1. The first-order valence-corrected chi connectivity index (χ1v) is 13.5. The smallest absolute Gasteiger partial charge is 0.280 e. The largest absolute Gasteiger partial charge is 0.496 e. The molecule has 4 aromatic rings. The number of nitrogens with one attached hydrogen (secondary N) is 1. The molecule has 0 spiro atoms. The zero-order valence-electron chi connectivity index (χ0n) is 19.6. The van der Waals surface area contributed by atoms with Crippen molar-refractivity contribution >= 4 is 44.9 Å². The summed E-state index contributed by atoms with van der Waals surface area (Å²) in [4.78, 5) is 31.6. The molecule has 3 heterocycles. The number of hydrogen-bond acceptors (Lipinski definition) is 7. The number of benzene rings is 2. The average Bonchev–Trinajstić information content (AvgIpc) is 3.55. The van der Waals surface area contributed by atoms with E-state index >= 15 is 0 Å². The van der Waals surface area contributed by atoms with E-state index in [0.717, 1.165) is 21.2 Å². The van der Waals surface area contributed by atoms with E-state index in [1.807, 2.05) is 0 Å². The number of anilines is 1. The van der Waals surface area contributed by atoms with Crippen LogP contribution in [0.2, 0.25) is 0 Å². The lowest BCUT2D eigenvalue weighted by molar-refractivity contribution is -0.127. The highest BCUT2D eigenvalue weighted by molar-refractivity contribution is 7.95. The summed E-state index contributed by atoms with van der Waals surface area (Å²) in [5.41, 5.74) is -0.353. The van der Waals surface area contributed by atoms with Gasteiger partial charge in [0.25, 0.3) is 15.9 Å². The molecule has 0 saturated heterocycles. The third-order valence-corrected chi connectivity index (χ3v) is 9.05. The van der Waals surface area contributed by atoms with Crippen molar-refractivity contribution in [1.82, 2.24) is 10.3 Å². The lowest BCUT2D eigenvalue weighted by atomic mass is 9.83. The van der Waals surface area contributed by atoms with Gasteiger partial charge in [-0.3, -0.25) is 14.6 Å². The predicted octanol–water partition coefficient (Wildman–Crippen LogP) is 3.96. The maximum absolute atomic E-state index is 14.4. The SMILES string of the molecule is COc1ccccc1C1(NC(=O)C=Cc2ccncc2)C(=O)N(S(=O)(=O)c2cccs2)c2ccccc21. The van der Waals surface area contributed by atoms with E-state index in [1.165, 1.54) is 19.3 Å². The molecule has 2 aromatic carbocycles. The molecule has 8 nitrogen and oxygen atoms in total. The van der Waals surface area contributed by atoms with Crippen molar-refractivity contribution in [3.63, 3.8) is 0 Å². The number of ether oxygens (including phenoxy) is 1. The van der Waals surface area contributed by atoms with Gasteiger partial charge in [0.05, 0.1) is 12.8 Å². The summed E-state index contributed by atoms with van der Waals surface area (Å²) in [5, 5.41) is 4.46. The summed E-state index contributed by atoms with van der Waals surface area (Å²) >= 11 is 1.01. The minimum atomic E-state index is -4.26. The highest BCUT2D eigenvalue weighted by atomic mass is 32.2.